The molecular formula is C20H14ClN5O. The van der Waals surface area contributed by atoms with Gasteiger partial charge < -0.3 is 0 Å². The van der Waals surface area contributed by atoms with E-state index in [1.165, 1.54) is 10.6 Å². The maximum absolute atomic E-state index is 12.7. The number of nitrogens with one attached hydrogen (secondary N) is 2. The summed E-state index contributed by atoms with van der Waals surface area (Å²) in [7, 11) is 0. The molecule has 0 radical (unpaired) electrons. The zero-order valence-corrected chi connectivity index (χ0v) is 15.1. The molecule has 0 amide bonds. The number of H-pyrrole nitrogens is 2. The summed E-state index contributed by atoms with van der Waals surface area (Å²) in [6.45, 7) is 1.93. The molecule has 3 heterocycles. The van der Waals surface area contributed by atoms with Crippen molar-refractivity contribution in [3.05, 3.63) is 75.8 Å². The van der Waals surface area contributed by atoms with Crippen LogP contribution in [0.4, 0.5) is 0 Å². The van der Waals surface area contributed by atoms with Crippen molar-refractivity contribution in [2.45, 2.75) is 6.92 Å². The van der Waals surface area contributed by atoms with Gasteiger partial charge in [0, 0.05) is 33.3 Å². The zero-order valence-electron chi connectivity index (χ0n) is 14.3. The highest BCUT2D eigenvalue weighted by molar-refractivity contribution is 6.30. The minimum absolute atomic E-state index is 0.161. The lowest BCUT2D eigenvalue weighted by Gasteiger charge is -2.04. The number of fused-ring (bicyclic) bond motifs is 2. The van der Waals surface area contributed by atoms with E-state index in [0.29, 0.717) is 16.4 Å². The van der Waals surface area contributed by atoms with Gasteiger partial charge in [0.25, 0.3) is 5.56 Å². The van der Waals surface area contributed by atoms with E-state index in [2.05, 4.69) is 15.3 Å². The van der Waals surface area contributed by atoms with Crippen molar-refractivity contribution in [3.8, 4) is 22.4 Å². The Labute approximate surface area is 158 Å². The van der Waals surface area contributed by atoms with Gasteiger partial charge in [0.05, 0.1) is 17.4 Å². The predicted octanol–water partition coefficient (Wildman–Crippen LogP) is 4.19. The van der Waals surface area contributed by atoms with Crippen molar-refractivity contribution in [1.82, 2.24) is 24.8 Å². The number of rotatable bonds is 2. The minimum Gasteiger partial charge on any atom is -0.293 e. The van der Waals surface area contributed by atoms with Gasteiger partial charge in [0.1, 0.15) is 0 Å². The van der Waals surface area contributed by atoms with Gasteiger partial charge in [-0.1, -0.05) is 29.8 Å². The molecule has 0 fully saturated rings. The lowest BCUT2D eigenvalue weighted by molar-refractivity contribution is 0.882. The Hall–Kier alpha value is -3.38. The summed E-state index contributed by atoms with van der Waals surface area (Å²) in [6, 6.07) is 14.9. The Bertz CT molecular complexity index is 1360. The Balaban J connectivity index is 1.77. The van der Waals surface area contributed by atoms with Crippen LogP contribution in [0.3, 0.4) is 0 Å². The number of aromatic nitrogens is 5. The van der Waals surface area contributed by atoms with Gasteiger partial charge >= 0.3 is 0 Å². The van der Waals surface area contributed by atoms with E-state index in [4.69, 9.17) is 16.6 Å². The van der Waals surface area contributed by atoms with Crippen molar-refractivity contribution < 1.29 is 0 Å². The van der Waals surface area contributed by atoms with E-state index in [9.17, 15) is 4.79 Å². The van der Waals surface area contributed by atoms with Crippen LogP contribution in [0, 0.1) is 6.92 Å². The van der Waals surface area contributed by atoms with Crippen molar-refractivity contribution in [2.75, 3.05) is 0 Å². The summed E-state index contributed by atoms with van der Waals surface area (Å²) < 4.78 is 1.47. The first kappa shape index (κ1) is 15.8. The molecule has 27 heavy (non-hydrogen) atoms. The normalized spacial score (nSPS) is 11.5. The third-order valence-corrected chi connectivity index (χ3v) is 4.92. The molecule has 6 nitrogen and oxygen atoms in total. The topological polar surface area (TPSA) is 78.8 Å². The molecule has 0 spiro atoms. The molecule has 0 saturated carbocycles. The fourth-order valence-corrected chi connectivity index (χ4v) is 3.49. The minimum atomic E-state index is -0.161. The molecule has 5 rings (SSSR count). The Morgan fingerprint density at radius 2 is 1.81 bits per heavy atom. The lowest BCUT2D eigenvalue weighted by Crippen LogP contribution is -2.14. The third-order valence-electron chi connectivity index (χ3n) is 4.67. The maximum atomic E-state index is 12.7. The second kappa shape index (κ2) is 5.82. The molecule has 0 unspecified atom stereocenters. The molecule has 5 aromatic rings. The van der Waals surface area contributed by atoms with Crippen LogP contribution in [0.5, 0.6) is 0 Å². The van der Waals surface area contributed by atoms with Crippen LogP contribution in [0.25, 0.3) is 38.9 Å². The lowest BCUT2D eigenvalue weighted by atomic mass is 10.1. The first-order chi connectivity index (χ1) is 13.1. The third kappa shape index (κ3) is 2.53. The highest BCUT2D eigenvalue weighted by Crippen LogP contribution is 2.29. The Morgan fingerprint density at radius 3 is 2.63 bits per heavy atom. The molecule has 0 bridgehead atoms. The summed E-state index contributed by atoms with van der Waals surface area (Å²) in [4.78, 5) is 17.5. The number of hydrogen-bond donors (Lipinski definition) is 2. The van der Waals surface area contributed by atoms with Gasteiger partial charge in [-0.15, -0.1) is 0 Å². The van der Waals surface area contributed by atoms with Crippen molar-refractivity contribution >= 4 is 28.2 Å². The van der Waals surface area contributed by atoms with E-state index >= 15 is 0 Å². The van der Waals surface area contributed by atoms with Crippen LogP contribution in [0.2, 0.25) is 5.02 Å². The van der Waals surface area contributed by atoms with Crippen LogP contribution in [-0.4, -0.2) is 24.8 Å². The molecule has 0 aliphatic carbocycles. The van der Waals surface area contributed by atoms with Crippen molar-refractivity contribution in [1.29, 1.82) is 0 Å². The van der Waals surface area contributed by atoms with Gasteiger partial charge in [-0.3, -0.25) is 15.0 Å². The standard InChI is InChI=1S/C20H14ClN5O/c1-11-19(12-2-5-15(21)6-3-12)20-23-17(9-18(27)26(20)25-11)13-4-7-16-14(8-13)10-22-24-16/h2-10,25H,1H3,(H,22,24). The summed E-state index contributed by atoms with van der Waals surface area (Å²) in [6.07, 6.45) is 1.75. The quantitative estimate of drug-likeness (QED) is 0.485. The van der Waals surface area contributed by atoms with E-state index in [0.717, 1.165) is 33.3 Å². The number of hydrogen-bond acceptors (Lipinski definition) is 3. The van der Waals surface area contributed by atoms with Crippen LogP contribution in [0.1, 0.15) is 5.69 Å². The smallest absolute Gasteiger partial charge is 0.273 e. The average Bonchev–Trinajstić information content (AvgIpc) is 3.26. The first-order valence-corrected chi connectivity index (χ1v) is 8.80. The molecule has 0 atom stereocenters. The Kier molecular flexibility index (Phi) is 3.42. The SMILES string of the molecule is Cc1[nH]n2c(=O)cc(-c3ccc4[nH]ncc4c3)nc2c1-c1ccc(Cl)cc1. The number of nitrogens with zero attached hydrogens (tertiary/aromatic N) is 3. The Morgan fingerprint density at radius 1 is 1.04 bits per heavy atom. The van der Waals surface area contributed by atoms with Gasteiger partial charge in [0.2, 0.25) is 0 Å². The molecular weight excluding hydrogens is 362 g/mol. The molecule has 0 saturated heterocycles. The average molecular weight is 376 g/mol. The molecule has 0 aliphatic heterocycles. The highest BCUT2D eigenvalue weighted by atomic mass is 35.5. The monoisotopic (exact) mass is 375 g/mol. The highest BCUT2D eigenvalue weighted by Gasteiger charge is 2.15. The number of halogens is 1. The summed E-state index contributed by atoms with van der Waals surface area (Å²) in [5, 5.41) is 11.7. The molecule has 2 aromatic carbocycles. The molecule has 7 heteroatoms. The second-order valence-corrected chi connectivity index (χ2v) is 6.87. The van der Waals surface area contributed by atoms with E-state index in [1.54, 1.807) is 6.20 Å². The second-order valence-electron chi connectivity index (χ2n) is 6.43. The van der Waals surface area contributed by atoms with Crippen LogP contribution in [-0.2, 0) is 0 Å². The van der Waals surface area contributed by atoms with Crippen LogP contribution in [0.15, 0.2) is 59.5 Å². The fourth-order valence-electron chi connectivity index (χ4n) is 3.36. The molecule has 3 aromatic heterocycles. The van der Waals surface area contributed by atoms with E-state index < -0.39 is 0 Å². The molecule has 132 valence electrons. The van der Waals surface area contributed by atoms with Crippen molar-refractivity contribution in [2.24, 2.45) is 0 Å². The largest absolute Gasteiger partial charge is 0.293 e. The van der Waals surface area contributed by atoms with Crippen LogP contribution < -0.4 is 5.56 Å². The summed E-state index contributed by atoms with van der Waals surface area (Å²) in [5.74, 6) is 0. The summed E-state index contributed by atoms with van der Waals surface area (Å²) in [5.41, 5.74) is 5.55. The van der Waals surface area contributed by atoms with E-state index in [-0.39, 0.29) is 5.56 Å². The number of aryl methyl sites for hydroxylation is 1. The van der Waals surface area contributed by atoms with Crippen molar-refractivity contribution in [3.63, 3.8) is 0 Å². The zero-order chi connectivity index (χ0) is 18.5. The fraction of sp³-hybridized carbons (Fsp3) is 0.0500. The van der Waals surface area contributed by atoms with Gasteiger partial charge in [-0.25, -0.2) is 9.50 Å². The van der Waals surface area contributed by atoms with E-state index in [1.807, 2.05) is 49.4 Å². The maximum Gasteiger partial charge on any atom is 0.273 e. The number of aromatic amines is 2. The molecule has 0 aliphatic rings. The van der Waals surface area contributed by atoms with Gasteiger partial charge in [-0.05, 0) is 36.8 Å². The number of benzene rings is 2. The van der Waals surface area contributed by atoms with Gasteiger partial charge in [-0.2, -0.15) is 5.10 Å². The first-order valence-electron chi connectivity index (χ1n) is 8.42. The van der Waals surface area contributed by atoms with Gasteiger partial charge in [0.15, 0.2) is 5.65 Å². The molecule has 2 N–H and O–H groups in total. The predicted molar refractivity (Wildman–Crippen MR) is 106 cm³/mol. The van der Waals surface area contributed by atoms with Crippen LogP contribution >= 0.6 is 11.6 Å². The summed E-state index contributed by atoms with van der Waals surface area (Å²) >= 11 is 6.01.